The van der Waals surface area contributed by atoms with Gasteiger partial charge >= 0.3 is 6.18 Å². The second kappa shape index (κ2) is 8.57. The Hall–Kier alpha value is -3.35. The molecule has 0 aliphatic carbocycles. The van der Waals surface area contributed by atoms with E-state index in [2.05, 4.69) is 19.2 Å². The topological polar surface area (TPSA) is 51.1 Å². The second-order valence-corrected chi connectivity index (χ2v) is 7.31. The summed E-state index contributed by atoms with van der Waals surface area (Å²) >= 11 is 0. The lowest BCUT2D eigenvalue weighted by atomic mass is 10.0. The molecule has 0 spiro atoms. The highest BCUT2D eigenvalue weighted by Crippen LogP contribution is 2.29. The summed E-state index contributed by atoms with van der Waals surface area (Å²) in [6.45, 7) is 4.21. The zero-order valence-corrected chi connectivity index (χ0v) is 16.5. The molecule has 0 saturated heterocycles. The Morgan fingerprint density at radius 1 is 0.967 bits per heavy atom. The van der Waals surface area contributed by atoms with Crippen LogP contribution >= 0.6 is 0 Å². The molecular weight excluding hydrogens is 393 g/mol. The number of pyridine rings is 1. The van der Waals surface area contributed by atoms with Crippen LogP contribution < -0.4 is 10.9 Å². The first-order chi connectivity index (χ1) is 14.1. The third-order valence-corrected chi connectivity index (χ3v) is 4.72. The highest BCUT2D eigenvalue weighted by molar-refractivity contribution is 6.04. The van der Waals surface area contributed by atoms with Crippen LogP contribution in [0.4, 0.5) is 18.9 Å². The minimum atomic E-state index is -4.42. The lowest BCUT2D eigenvalue weighted by molar-refractivity contribution is -0.137. The predicted octanol–water partition coefficient (Wildman–Crippen LogP) is 5.29. The van der Waals surface area contributed by atoms with E-state index in [1.165, 1.54) is 35.0 Å². The number of benzene rings is 2. The summed E-state index contributed by atoms with van der Waals surface area (Å²) in [5, 5.41) is 2.78. The number of carbonyl (C=O) groups excluding carboxylic acids is 1. The Labute approximate surface area is 172 Å². The van der Waals surface area contributed by atoms with Gasteiger partial charge in [0.25, 0.3) is 11.5 Å². The molecule has 2 aromatic carbocycles. The molecule has 0 atom stereocenters. The Kier molecular flexibility index (Phi) is 6.10. The largest absolute Gasteiger partial charge is 0.416 e. The van der Waals surface area contributed by atoms with Gasteiger partial charge in [-0.05, 0) is 47.4 Å². The number of hydrogen-bond donors (Lipinski definition) is 1. The smallest absolute Gasteiger partial charge is 0.322 e. The van der Waals surface area contributed by atoms with Crippen molar-refractivity contribution in [1.82, 2.24) is 4.57 Å². The third-order valence-electron chi connectivity index (χ3n) is 4.72. The van der Waals surface area contributed by atoms with Crippen LogP contribution in [0.15, 0.2) is 71.7 Å². The quantitative estimate of drug-likeness (QED) is 0.617. The lowest BCUT2D eigenvalue weighted by Gasteiger charge is -2.11. The van der Waals surface area contributed by atoms with Crippen molar-refractivity contribution in [1.29, 1.82) is 0 Å². The summed E-state index contributed by atoms with van der Waals surface area (Å²) in [6, 6.07) is 14.8. The van der Waals surface area contributed by atoms with Crippen LogP contribution in [0.5, 0.6) is 0 Å². The molecule has 7 heteroatoms. The monoisotopic (exact) mass is 414 g/mol. The van der Waals surface area contributed by atoms with E-state index < -0.39 is 11.7 Å². The Bertz CT molecular complexity index is 1080. The minimum absolute atomic E-state index is 0.0567. The van der Waals surface area contributed by atoms with Gasteiger partial charge < -0.3 is 9.88 Å². The van der Waals surface area contributed by atoms with Gasteiger partial charge in [0, 0.05) is 18.0 Å². The summed E-state index contributed by atoms with van der Waals surface area (Å²) < 4.78 is 39.4. The molecule has 30 heavy (non-hydrogen) atoms. The number of amides is 1. The summed E-state index contributed by atoms with van der Waals surface area (Å²) in [5.74, 6) is -0.00280. The van der Waals surface area contributed by atoms with Gasteiger partial charge in [-0.2, -0.15) is 13.2 Å². The van der Waals surface area contributed by atoms with E-state index >= 15 is 0 Å². The van der Waals surface area contributed by atoms with E-state index in [1.807, 2.05) is 24.3 Å². The highest BCUT2D eigenvalue weighted by Gasteiger charge is 2.29. The van der Waals surface area contributed by atoms with E-state index in [9.17, 15) is 22.8 Å². The molecule has 1 N–H and O–H groups in total. The molecule has 1 amide bonds. The first-order valence-corrected chi connectivity index (χ1v) is 9.41. The van der Waals surface area contributed by atoms with Gasteiger partial charge in [-0.1, -0.05) is 38.1 Å². The van der Waals surface area contributed by atoms with E-state index in [1.54, 1.807) is 0 Å². The van der Waals surface area contributed by atoms with Crippen LogP contribution in [0.2, 0.25) is 0 Å². The average molecular weight is 414 g/mol. The normalized spacial score (nSPS) is 11.5. The van der Waals surface area contributed by atoms with E-state index in [0.29, 0.717) is 17.2 Å². The standard InChI is InChI=1S/C23H21F3N2O2/c1-15(2)17-5-10-20(11-6-17)27-22(30)18-7-12-21(29)28(14-18)13-16-3-8-19(9-4-16)23(24,25)26/h3-12,14-15H,13H2,1-2H3,(H,27,30). The van der Waals surface area contributed by atoms with Crippen molar-refractivity contribution in [2.45, 2.75) is 32.5 Å². The fourth-order valence-electron chi connectivity index (χ4n) is 2.94. The van der Waals surface area contributed by atoms with Crippen molar-refractivity contribution in [3.05, 3.63) is 99.5 Å². The van der Waals surface area contributed by atoms with Gasteiger partial charge in [0.2, 0.25) is 0 Å². The van der Waals surface area contributed by atoms with E-state index in [4.69, 9.17) is 0 Å². The number of alkyl halides is 3. The van der Waals surface area contributed by atoms with Gasteiger partial charge in [-0.3, -0.25) is 9.59 Å². The molecule has 0 unspecified atom stereocenters. The molecule has 1 aromatic heterocycles. The first-order valence-electron chi connectivity index (χ1n) is 9.41. The number of carbonyl (C=O) groups is 1. The fraction of sp³-hybridized carbons (Fsp3) is 0.217. The molecule has 0 saturated carbocycles. The van der Waals surface area contributed by atoms with Crippen molar-refractivity contribution in [2.24, 2.45) is 0 Å². The Morgan fingerprint density at radius 2 is 1.60 bits per heavy atom. The van der Waals surface area contributed by atoms with Crippen LogP contribution in [0.3, 0.4) is 0 Å². The SMILES string of the molecule is CC(C)c1ccc(NC(=O)c2ccc(=O)n(Cc3ccc(C(F)(F)F)cc3)c2)cc1. The molecule has 0 aliphatic rings. The van der Waals surface area contributed by atoms with E-state index in [-0.39, 0.29) is 23.6 Å². The van der Waals surface area contributed by atoms with Gasteiger partial charge in [0.1, 0.15) is 0 Å². The van der Waals surface area contributed by atoms with Gasteiger partial charge in [0.15, 0.2) is 0 Å². The third kappa shape index (κ3) is 5.17. The minimum Gasteiger partial charge on any atom is -0.322 e. The van der Waals surface area contributed by atoms with Crippen LogP contribution in [0, 0.1) is 0 Å². The highest BCUT2D eigenvalue weighted by atomic mass is 19.4. The zero-order chi connectivity index (χ0) is 21.9. The van der Waals surface area contributed by atoms with Gasteiger partial charge in [-0.25, -0.2) is 0 Å². The van der Waals surface area contributed by atoms with Crippen LogP contribution in [-0.4, -0.2) is 10.5 Å². The van der Waals surface area contributed by atoms with Crippen molar-refractivity contribution in [3.63, 3.8) is 0 Å². The lowest BCUT2D eigenvalue weighted by Crippen LogP contribution is -2.22. The Balaban J connectivity index is 1.75. The van der Waals surface area contributed by atoms with Crippen molar-refractivity contribution in [3.8, 4) is 0 Å². The van der Waals surface area contributed by atoms with Crippen molar-refractivity contribution < 1.29 is 18.0 Å². The maximum absolute atomic E-state index is 12.7. The molecule has 156 valence electrons. The molecule has 3 aromatic rings. The number of nitrogens with zero attached hydrogens (tertiary/aromatic N) is 1. The molecule has 0 aliphatic heterocycles. The second-order valence-electron chi connectivity index (χ2n) is 7.31. The number of nitrogens with one attached hydrogen (secondary N) is 1. The van der Waals surface area contributed by atoms with Crippen LogP contribution in [-0.2, 0) is 12.7 Å². The van der Waals surface area contributed by atoms with E-state index in [0.717, 1.165) is 17.7 Å². The zero-order valence-electron chi connectivity index (χ0n) is 16.5. The van der Waals surface area contributed by atoms with Crippen LogP contribution in [0.25, 0.3) is 0 Å². The maximum Gasteiger partial charge on any atom is 0.416 e. The Morgan fingerprint density at radius 3 is 2.17 bits per heavy atom. The average Bonchev–Trinajstić information content (AvgIpc) is 2.69. The number of hydrogen-bond acceptors (Lipinski definition) is 2. The number of halogens is 3. The van der Waals surface area contributed by atoms with Gasteiger partial charge in [0.05, 0.1) is 17.7 Å². The first kappa shape index (κ1) is 21.4. The summed E-state index contributed by atoms with van der Waals surface area (Å²) in [4.78, 5) is 24.7. The summed E-state index contributed by atoms with van der Waals surface area (Å²) in [5.41, 5.74) is 1.47. The molecular formula is C23H21F3N2O2. The van der Waals surface area contributed by atoms with Crippen LogP contribution in [0.1, 0.15) is 46.8 Å². The summed E-state index contributed by atoms with van der Waals surface area (Å²) in [6.07, 6.45) is -3.02. The maximum atomic E-state index is 12.7. The number of aromatic nitrogens is 1. The molecule has 4 nitrogen and oxygen atoms in total. The predicted molar refractivity (Wildman–Crippen MR) is 110 cm³/mol. The van der Waals surface area contributed by atoms with Crippen molar-refractivity contribution in [2.75, 3.05) is 5.32 Å². The van der Waals surface area contributed by atoms with Crippen molar-refractivity contribution >= 4 is 11.6 Å². The van der Waals surface area contributed by atoms with Gasteiger partial charge in [-0.15, -0.1) is 0 Å². The number of rotatable bonds is 5. The molecule has 1 heterocycles. The molecule has 3 rings (SSSR count). The molecule has 0 bridgehead atoms. The molecule has 0 fully saturated rings. The summed E-state index contributed by atoms with van der Waals surface area (Å²) in [7, 11) is 0. The fourth-order valence-corrected chi connectivity index (χ4v) is 2.94. The number of anilines is 1. The molecule has 0 radical (unpaired) electrons.